The molecule has 1 atom stereocenters. The van der Waals surface area contributed by atoms with Crippen molar-refractivity contribution >= 4 is 11.7 Å². The molecule has 132 valence electrons. The van der Waals surface area contributed by atoms with Gasteiger partial charge >= 0.3 is 0 Å². The number of amides is 1. The molecular formula is C19H30N4O. The zero-order valence-electron chi connectivity index (χ0n) is 15.0. The first-order valence-electron chi connectivity index (χ1n) is 9.33. The normalized spacial score (nSPS) is 21.6. The van der Waals surface area contributed by atoms with Crippen LogP contribution < -0.4 is 10.2 Å². The van der Waals surface area contributed by atoms with E-state index in [9.17, 15) is 4.79 Å². The first kappa shape index (κ1) is 17.2. The number of carbonyl (C=O) groups excluding carboxylic acids is 1. The quantitative estimate of drug-likeness (QED) is 0.870. The van der Waals surface area contributed by atoms with E-state index in [-0.39, 0.29) is 5.91 Å². The Morgan fingerprint density at radius 1 is 1.29 bits per heavy atom. The van der Waals surface area contributed by atoms with Crippen LogP contribution in [0.1, 0.15) is 43.5 Å². The summed E-state index contributed by atoms with van der Waals surface area (Å²) in [6.45, 7) is 10.9. The van der Waals surface area contributed by atoms with E-state index in [2.05, 4.69) is 33.9 Å². The molecule has 1 amide bonds. The molecule has 2 aliphatic rings. The van der Waals surface area contributed by atoms with Gasteiger partial charge in [0, 0.05) is 38.9 Å². The lowest BCUT2D eigenvalue weighted by atomic mass is 10.1. The molecule has 0 spiro atoms. The zero-order chi connectivity index (χ0) is 16.9. The molecule has 0 aliphatic carbocycles. The molecule has 3 rings (SSSR count). The van der Waals surface area contributed by atoms with Crippen LogP contribution in [-0.4, -0.2) is 55.1 Å². The monoisotopic (exact) mass is 330 g/mol. The second-order valence-corrected chi connectivity index (χ2v) is 7.62. The number of nitrogens with one attached hydrogen (secondary N) is 1. The molecule has 0 aromatic carbocycles. The van der Waals surface area contributed by atoms with Crippen molar-refractivity contribution in [1.29, 1.82) is 0 Å². The molecule has 2 aliphatic heterocycles. The molecule has 1 aromatic heterocycles. The summed E-state index contributed by atoms with van der Waals surface area (Å²) in [6.07, 6.45) is 5.36. The number of aromatic nitrogens is 1. The van der Waals surface area contributed by atoms with Crippen molar-refractivity contribution in [3.8, 4) is 0 Å². The number of nitrogens with zero attached hydrogens (tertiary/aromatic N) is 3. The van der Waals surface area contributed by atoms with Gasteiger partial charge in [0.05, 0.1) is 5.56 Å². The van der Waals surface area contributed by atoms with E-state index < -0.39 is 0 Å². The lowest BCUT2D eigenvalue weighted by molar-refractivity contribution is 0.0947. The molecular weight excluding hydrogens is 300 g/mol. The largest absolute Gasteiger partial charge is 0.357 e. The summed E-state index contributed by atoms with van der Waals surface area (Å²) >= 11 is 0. The van der Waals surface area contributed by atoms with E-state index in [0.717, 1.165) is 45.1 Å². The number of pyridine rings is 1. The van der Waals surface area contributed by atoms with Crippen LogP contribution in [0, 0.1) is 11.8 Å². The van der Waals surface area contributed by atoms with Crippen LogP contribution in [0.3, 0.4) is 0 Å². The molecule has 24 heavy (non-hydrogen) atoms. The number of hydrogen-bond acceptors (Lipinski definition) is 4. The molecule has 2 fully saturated rings. The third-order valence-electron chi connectivity index (χ3n) is 4.98. The highest BCUT2D eigenvalue weighted by atomic mass is 16.1. The minimum absolute atomic E-state index is 0.00205. The summed E-state index contributed by atoms with van der Waals surface area (Å²) in [5.41, 5.74) is 0.662. The minimum atomic E-state index is -0.00205. The van der Waals surface area contributed by atoms with Crippen LogP contribution in [0.15, 0.2) is 18.3 Å². The summed E-state index contributed by atoms with van der Waals surface area (Å²) < 4.78 is 0. The Bertz CT molecular complexity index is 537. The Kier molecular flexibility index (Phi) is 5.72. The average Bonchev–Trinajstić information content (AvgIpc) is 3.24. The smallest absolute Gasteiger partial charge is 0.252 e. The molecule has 5 heteroatoms. The van der Waals surface area contributed by atoms with E-state index in [1.165, 1.54) is 19.3 Å². The van der Waals surface area contributed by atoms with Crippen molar-refractivity contribution in [2.45, 2.75) is 33.1 Å². The van der Waals surface area contributed by atoms with Gasteiger partial charge < -0.3 is 15.1 Å². The van der Waals surface area contributed by atoms with E-state index in [0.29, 0.717) is 17.4 Å². The van der Waals surface area contributed by atoms with Crippen molar-refractivity contribution in [1.82, 2.24) is 15.2 Å². The third-order valence-corrected chi connectivity index (χ3v) is 4.98. The zero-order valence-corrected chi connectivity index (χ0v) is 15.0. The Balaban J connectivity index is 1.45. The lowest BCUT2D eigenvalue weighted by Crippen LogP contribution is -2.32. The maximum absolute atomic E-state index is 12.3. The maximum Gasteiger partial charge on any atom is 0.252 e. The van der Waals surface area contributed by atoms with Gasteiger partial charge in [-0.25, -0.2) is 4.98 Å². The average molecular weight is 330 g/mol. The van der Waals surface area contributed by atoms with Crippen LogP contribution in [-0.2, 0) is 0 Å². The summed E-state index contributed by atoms with van der Waals surface area (Å²) in [5, 5.41) is 3.08. The standard InChI is InChI=1S/C19H30N4O/c1-15(2)13-22-10-7-16(14-22)11-21-19(24)17-5-6-18(20-12-17)23-8-3-4-9-23/h5-6,12,15-16H,3-4,7-11,13-14H2,1-2H3,(H,21,24). The van der Waals surface area contributed by atoms with Crippen LogP contribution in [0.25, 0.3) is 0 Å². The SMILES string of the molecule is CC(C)CN1CCC(CNC(=O)c2ccc(N3CCCC3)nc2)C1. The van der Waals surface area contributed by atoms with Crippen molar-refractivity contribution in [2.75, 3.05) is 44.2 Å². The fourth-order valence-corrected chi connectivity index (χ4v) is 3.75. The molecule has 1 unspecified atom stereocenters. The number of anilines is 1. The molecule has 0 bridgehead atoms. The van der Waals surface area contributed by atoms with Gasteiger partial charge in [0.25, 0.3) is 5.91 Å². The number of carbonyl (C=O) groups is 1. The van der Waals surface area contributed by atoms with Gasteiger partial charge in [0.15, 0.2) is 0 Å². The molecule has 3 heterocycles. The summed E-state index contributed by atoms with van der Waals surface area (Å²) in [4.78, 5) is 21.6. The van der Waals surface area contributed by atoms with E-state index >= 15 is 0 Å². The van der Waals surface area contributed by atoms with Crippen LogP contribution >= 0.6 is 0 Å². The number of hydrogen-bond donors (Lipinski definition) is 1. The highest BCUT2D eigenvalue weighted by Gasteiger charge is 2.23. The van der Waals surface area contributed by atoms with Crippen LogP contribution in [0.5, 0.6) is 0 Å². The molecule has 5 nitrogen and oxygen atoms in total. The summed E-state index contributed by atoms with van der Waals surface area (Å²) in [7, 11) is 0. The lowest BCUT2D eigenvalue weighted by Gasteiger charge is -2.18. The second-order valence-electron chi connectivity index (χ2n) is 7.62. The fourth-order valence-electron chi connectivity index (χ4n) is 3.75. The fraction of sp³-hybridized carbons (Fsp3) is 0.684. The predicted octanol–water partition coefficient (Wildman–Crippen LogP) is 2.39. The van der Waals surface area contributed by atoms with Crippen molar-refractivity contribution < 1.29 is 4.79 Å². The molecule has 1 aromatic rings. The first-order valence-corrected chi connectivity index (χ1v) is 9.33. The van der Waals surface area contributed by atoms with Gasteiger partial charge in [-0.3, -0.25) is 4.79 Å². The van der Waals surface area contributed by atoms with Crippen molar-refractivity contribution in [3.63, 3.8) is 0 Å². The topological polar surface area (TPSA) is 48.5 Å². The van der Waals surface area contributed by atoms with Crippen LogP contribution in [0.4, 0.5) is 5.82 Å². The van der Waals surface area contributed by atoms with Crippen molar-refractivity contribution in [3.05, 3.63) is 23.9 Å². The molecule has 2 saturated heterocycles. The number of likely N-dealkylation sites (tertiary alicyclic amines) is 1. The molecule has 1 N–H and O–H groups in total. The minimum Gasteiger partial charge on any atom is -0.357 e. The second kappa shape index (κ2) is 7.97. The van der Waals surface area contributed by atoms with Gasteiger partial charge in [-0.05, 0) is 49.8 Å². The predicted molar refractivity (Wildman–Crippen MR) is 97.4 cm³/mol. The number of rotatable bonds is 6. The summed E-state index contributed by atoms with van der Waals surface area (Å²) in [6, 6.07) is 3.87. The Morgan fingerprint density at radius 2 is 2.08 bits per heavy atom. The van der Waals surface area contributed by atoms with Crippen LogP contribution in [0.2, 0.25) is 0 Å². The van der Waals surface area contributed by atoms with E-state index in [1.807, 2.05) is 12.1 Å². The van der Waals surface area contributed by atoms with E-state index in [1.54, 1.807) is 6.20 Å². The highest BCUT2D eigenvalue weighted by Crippen LogP contribution is 2.18. The van der Waals surface area contributed by atoms with Gasteiger partial charge in [-0.1, -0.05) is 13.8 Å². The summed E-state index contributed by atoms with van der Waals surface area (Å²) in [5.74, 6) is 2.27. The van der Waals surface area contributed by atoms with E-state index in [4.69, 9.17) is 0 Å². The maximum atomic E-state index is 12.3. The van der Waals surface area contributed by atoms with Gasteiger partial charge in [0.1, 0.15) is 5.82 Å². The third kappa shape index (κ3) is 4.47. The van der Waals surface area contributed by atoms with Gasteiger partial charge in [-0.15, -0.1) is 0 Å². The Hall–Kier alpha value is -1.62. The molecule has 0 saturated carbocycles. The Morgan fingerprint density at radius 3 is 2.75 bits per heavy atom. The highest BCUT2D eigenvalue weighted by molar-refractivity contribution is 5.94. The van der Waals surface area contributed by atoms with Gasteiger partial charge in [-0.2, -0.15) is 0 Å². The first-order chi connectivity index (χ1) is 11.6. The van der Waals surface area contributed by atoms with Gasteiger partial charge in [0.2, 0.25) is 0 Å². The van der Waals surface area contributed by atoms with Crippen molar-refractivity contribution in [2.24, 2.45) is 11.8 Å². The molecule has 0 radical (unpaired) electrons. The Labute approximate surface area is 145 Å².